The number of pyridine rings is 1. The number of hydrogen-bond acceptors (Lipinski definition) is 9. The molecule has 4 heterocycles. The van der Waals surface area contributed by atoms with Crippen LogP contribution in [0.1, 0.15) is 11.1 Å². The van der Waals surface area contributed by atoms with Crippen LogP contribution in [0.4, 0.5) is 23.1 Å². The molecular formula is C30H32N8O3S. The molecule has 5 aromatic rings. The Bertz CT molecular complexity index is 1870. The van der Waals surface area contributed by atoms with Crippen molar-refractivity contribution >= 4 is 44.2 Å². The summed E-state index contributed by atoms with van der Waals surface area (Å²) in [5.41, 5.74) is 5.96. The van der Waals surface area contributed by atoms with Crippen molar-refractivity contribution in [3.05, 3.63) is 78.2 Å². The van der Waals surface area contributed by atoms with E-state index >= 15 is 0 Å². The highest BCUT2D eigenvalue weighted by Gasteiger charge is 2.24. The molecule has 1 aliphatic rings. The minimum Gasteiger partial charge on any atom is -0.495 e. The van der Waals surface area contributed by atoms with Crippen LogP contribution in [0.2, 0.25) is 0 Å². The van der Waals surface area contributed by atoms with Gasteiger partial charge in [-0.05, 0) is 66.6 Å². The quantitative estimate of drug-likeness (QED) is 0.237. The van der Waals surface area contributed by atoms with Crippen molar-refractivity contribution in [3.8, 4) is 16.9 Å². The summed E-state index contributed by atoms with van der Waals surface area (Å²) in [5.74, 6) is 1.46. The molecular weight excluding hydrogens is 552 g/mol. The van der Waals surface area contributed by atoms with Gasteiger partial charge in [0.25, 0.3) is 0 Å². The molecule has 0 radical (unpaired) electrons. The highest BCUT2D eigenvalue weighted by atomic mass is 32.2. The molecule has 0 bridgehead atoms. The molecule has 0 amide bonds. The average molecular weight is 585 g/mol. The van der Waals surface area contributed by atoms with Crippen LogP contribution in [0, 0.1) is 0 Å². The number of anilines is 4. The number of methoxy groups -OCH3 is 1. The number of nitrogens with zero attached hydrogens (tertiary/aromatic N) is 5. The van der Waals surface area contributed by atoms with E-state index in [1.165, 1.54) is 29.5 Å². The third kappa shape index (κ3) is 5.15. The number of likely N-dealkylation sites (N-methyl/N-ethyl adjacent to an activating group) is 1. The van der Waals surface area contributed by atoms with Crippen LogP contribution in [-0.4, -0.2) is 72.4 Å². The van der Waals surface area contributed by atoms with E-state index in [-0.39, 0.29) is 4.90 Å². The van der Waals surface area contributed by atoms with Crippen LogP contribution in [0.25, 0.3) is 22.2 Å². The normalized spacial score (nSPS) is 13.7. The van der Waals surface area contributed by atoms with E-state index in [0.717, 1.165) is 36.3 Å². The number of rotatable bonds is 8. The maximum absolute atomic E-state index is 13.2. The zero-order valence-corrected chi connectivity index (χ0v) is 24.7. The van der Waals surface area contributed by atoms with Crippen LogP contribution in [0.5, 0.6) is 5.75 Å². The second-order valence-corrected chi connectivity index (χ2v) is 12.5. The molecule has 3 aromatic heterocycles. The summed E-state index contributed by atoms with van der Waals surface area (Å²) in [6.07, 6.45) is 6.25. The molecule has 3 N–H and O–H groups in total. The minimum absolute atomic E-state index is 0.137. The van der Waals surface area contributed by atoms with E-state index in [1.54, 1.807) is 43.8 Å². The first-order chi connectivity index (χ1) is 20.2. The number of ether oxygens (including phenoxy) is 1. The van der Waals surface area contributed by atoms with E-state index in [0.29, 0.717) is 34.2 Å². The van der Waals surface area contributed by atoms with Crippen LogP contribution < -0.4 is 15.4 Å². The molecule has 2 aromatic carbocycles. The molecule has 0 unspecified atom stereocenters. The lowest BCUT2D eigenvalue weighted by Crippen LogP contribution is -2.26. The molecule has 0 atom stereocenters. The molecule has 216 valence electrons. The second-order valence-electron chi connectivity index (χ2n) is 10.4. The van der Waals surface area contributed by atoms with Gasteiger partial charge in [0.15, 0.2) is 0 Å². The van der Waals surface area contributed by atoms with Gasteiger partial charge >= 0.3 is 0 Å². The summed E-state index contributed by atoms with van der Waals surface area (Å²) in [4.78, 5) is 19.5. The Hall–Kier alpha value is -4.52. The van der Waals surface area contributed by atoms with Gasteiger partial charge in [-0.2, -0.15) is 9.97 Å². The first-order valence-electron chi connectivity index (χ1n) is 13.5. The van der Waals surface area contributed by atoms with Gasteiger partial charge in [-0.15, -0.1) is 0 Å². The second kappa shape index (κ2) is 11.0. The lowest BCUT2D eigenvalue weighted by molar-refractivity contribution is 0.312. The molecule has 0 saturated heterocycles. The molecule has 11 nitrogen and oxygen atoms in total. The number of hydrogen-bond donors (Lipinski definition) is 3. The Morgan fingerprint density at radius 3 is 2.55 bits per heavy atom. The lowest BCUT2D eigenvalue weighted by Gasteiger charge is -2.26. The van der Waals surface area contributed by atoms with Gasteiger partial charge in [0.2, 0.25) is 16.0 Å². The summed E-state index contributed by atoms with van der Waals surface area (Å²) in [7, 11) is 3.03. The summed E-state index contributed by atoms with van der Waals surface area (Å²) >= 11 is 0. The number of H-pyrrole nitrogens is 1. The van der Waals surface area contributed by atoms with Crippen LogP contribution in [-0.2, 0) is 23.0 Å². The maximum Gasteiger partial charge on any atom is 0.244 e. The van der Waals surface area contributed by atoms with Crippen molar-refractivity contribution in [2.24, 2.45) is 0 Å². The summed E-state index contributed by atoms with van der Waals surface area (Å²) in [6, 6.07) is 14.7. The van der Waals surface area contributed by atoms with Gasteiger partial charge in [-0.3, -0.25) is 4.98 Å². The van der Waals surface area contributed by atoms with Crippen molar-refractivity contribution in [3.63, 3.8) is 0 Å². The van der Waals surface area contributed by atoms with Crippen molar-refractivity contribution in [2.45, 2.75) is 17.9 Å². The van der Waals surface area contributed by atoms with Crippen molar-refractivity contribution in [1.82, 2.24) is 29.1 Å². The first-order valence-corrected chi connectivity index (χ1v) is 14.9. The Morgan fingerprint density at radius 2 is 1.79 bits per heavy atom. The zero-order valence-electron chi connectivity index (χ0n) is 23.8. The number of aromatic amines is 1. The largest absolute Gasteiger partial charge is 0.495 e. The van der Waals surface area contributed by atoms with Gasteiger partial charge in [-0.25, -0.2) is 12.7 Å². The van der Waals surface area contributed by atoms with E-state index in [9.17, 15) is 8.42 Å². The molecule has 1 aliphatic heterocycles. The monoisotopic (exact) mass is 584 g/mol. The van der Waals surface area contributed by atoms with Gasteiger partial charge in [0.05, 0.1) is 23.9 Å². The Morgan fingerprint density at radius 1 is 1.00 bits per heavy atom. The lowest BCUT2D eigenvalue weighted by atomic mass is 9.99. The van der Waals surface area contributed by atoms with Gasteiger partial charge in [0.1, 0.15) is 22.1 Å². The van der Waals surface area contributed by atoms with Crippen LogP contribution >= 0.6 is 0 Å². The summed E-state index contributed by atoms with van der Waals surface area (Å²) < 4.78 is 33.3. The van der Waals surface area contributed by atoms with E-state index in [1.807, 2.05) is 18.3 Å². The standard InChI is InChI=1S/C30H32N8O3S/c1-37(2)42(39,40)26-8-6-5-7-23(26)33-29-27-22(19-9-12-31-13-10-19)17-32-28(27)35-30(36-29)34-24-15-21-18-38(3)14-11-20(21)16-25(24)41-4/h5-10,12-13,15-17H,11,14,18H2,1-4H3,(H3,32,33,34,35,36). The van der Waals surface area contributed by atoms with Gasteiger partial charge in [0, 0.05) is 51.3 Å². The third-order valence-corrected chi connectivity index (χ3v) is 9.27. The summed E-state index contributed by atoms with van der Waals surface area (Å²) in [6.45, 7) is 1.83. The van der Waals surface area contributed by atoms with E-state index in [2.05, 4.69) is 44.7 Å². The Balaban J connectivity index is 1.49. The predicted molar refractivity (Wildman–Crippen MR) is 164 cm³/mol. The fraction of sp³-hybridized carbons (Fsp3) is 0.233. The Kier molecular flexibility index (Phi) is 7.27. The predicted octanol–water partition coefficient (Wildman–Crippen LogP) is 4.75. The van der Waals surface area contributed by atoms with Crippen molar-refractivity contribution in [1.29, 1.82) is 0 Å². The highest BCUT2D eigenvalue weighted by Crippen LogP contribution is 2.38. The molecule has 6 rings (SSSR count). The molecule has 0 aliphatic carbocycles. The van der Waals surface area contributed by atoms with Gasteiger partial charge < -0.3 is 25.3 Å². The van der Waals surface area contributed by atoms with Gasteiger partial charge in [-0.1, -0.05) is 12.1 Å². The number of nitrogens with one attached hydrogen (secondary N) is 3. The average Bonchev–Trinajstić information content (AvgIpc) is 3.42. The fourth-order valence-electron chi connectivity index (χ4n) is 5.17. The molecule has 0 saturated carbocycles. The smallest absolute Gasteiger partial charge is 0.244 e. The first kappa shape index (κ1) is 27.6. The van der Waals surface area contributed by atoms with Crippen molar-refractivity contribution in [2.75, 3.05) is 45.4 Å². The topological polar surface area (TPSA) is 128 Å². The number of para-hydroxylation sites is 1. The van der Waals surface area contributed by atoms with Crippen molar-refractivity contribution < 1.29 is 13.2 Å². The number of sulfonamides is 1. The molecule has 42 heavy (non-hydrogen) atoms. The number of fused-ring (bicyclic) bond motifs is 2. The van der Waals surface area contributed by atoms with E-state index < -0.39 is 10.0 Å². The third-order valence-electron chi connectivity index (χ3n) is 7.39. The van der Waals surface area contributed by atoms with Crippen LogP contribution in [0.3, 0.4) is 0 Å². The van der Waals surface area contributed by atoms with Crippen LogP contribution in [0.15, 0.2) is 72.0 Å². The summed E-state index contributed by atoms with van der Waals surface area (Å²) in [5, 5.41) is 7.38. The molecule has 0 spiro atoms. The van der Waals surface area contributed by atoms with E-state index in [4.69, 9.17) is 14.7 Å². The SMILES string of the molecule is COc1cc2c(cc1Nc1nc(Nc3ccccc3S(=O)(=O)N(C)C)c3c(-c4ccncc4)c[nH]c3n1)CN(C)CC2. The Labute approximate surface area is 244 Å². The maximum atomic E-state index is 13.2. The number of aromatic nitrogens is 4. The molecule has 0 fully saturated rings. The fourth-order valence-corrected chi connectivity index (χ4v) is 6.21. The zero-order chi connectivity index (χ0) is 29.4. The minimum atomic E-state index is -3.74. The number of benzene rings is 2. The molecule has 12 heteroatoms. The highest BCUT2D eigenvalue weighted by molar-refractivity contribution is 7.89.